The smallest absolute Gasteiger partial charge is 0.145 e. The van der Waals surface area contributed by atoms with E-state index in [4.69, 9.17) is 4.74 Å². The summed E-state index contributed by atoms with van der Waals surface area (Å²) in [6, 6.07) is 0. The van der Waals surface area contributed by atoms with Crippen molar-refractivity contribution >= 4 is 6.29 Å². The topological polar surface area (TPSA) is 26.3 Å². The van der Waals surface area contributed by atoms with Crippen molar-refractivity contribution in [3.05, 3.63) is 12.2 Å². The quantitative estimate of drug-likeness (QED) is 0.315. The van der Waals surface area contributed by atoms with E-state index in [0.717, 1.165) is 12.7 Å². The molecule has 0 rings (SSSR count). The van der Waals surface area contributed by atoms with Gasteiger partial charge in [-0.25, -0.2) is 0 Å². The van der Waals surface area contributed by atoms with Crippen molar-refractivity contribution in [2.75, 3.05) is 13.2 Å². The van der Waals surface area contributed by atoms with Crippen LogP contribution in [0.1, 0.15) is 13.3 Å². The fraction of sp³-hybridized carbons (Fsp3) is 0.571. The SMILES string of the molecule is C/C=C/CCOCC=O. The third-order valence-electron chi connectivity index (χ3n) is 0.850. The first-order chi connectivity index (χ1) is 4.41. The second-order valence-electron chi connectivity index (χ2n) is 1.60. The van der Waals surface area contributed by atoms with E-state index in [9.17, 15) is 4.79 Å². The Morgan fingerprint density at radius 1 is 1.56 bits per heavy atom. The van der Waals surface area contributed by atoms with Gasteiger partial charge in [0.2, 0.25) is 0 Å². The molecule has 2 nitrogen and oxygen atoms in total. The predicted octanol–water partition coefficient (Wildman–Crippen LogP) is 1.17. The summed E-state index contributed by atoms with van der Waals surface area (Å²) >= 11 is 0. The van der Waals surface area contributed by atoms with Crippen LogP contribution in [0, 0.1) is 0 Å². The predicted molar refractivity (Wildman–Crippen MR) is 36.3 cm³/mol. The summed E-state index contributed by atoms with van der Waals surface area (Å²) in [5, 5.41) is 0. The first kappa shape index (κ1) is 8.37. The highest BCUT2D eigenvalue weighted by Crippen LogP contribution is 1.82. The van der Waals surface area contributed by atoms with E-state index in [1.54, 1.807) is 0 Å². The summed E-state index contributed by atoms with van der Waals surface area (Å²) in [7, 11) is 0. The minimum absolute atomic E-state index is 0.220. The largest absolute Gasteiger partial charge is 0.374 e. The summed E-state index contributed by atoms with van der Waals surface area (Å²) in [5.74, 6) is 0. The molecule has 0 bridgehead atoms. The molecule has 0 saturated carbocycles. The zero-order chi connectivity index (χ0) is 6.95. The lowest BCUT2D eigenvalue weighted by molar-refractivity contribution is -0.111. The second-order valence-corrected chi connectivity index (χ2v) is 1.60. The van der Waals surface area contributed by atoms with Crippen LogP contribution >= 0.6 is 0 Å². The highest BCUT2D eigenvalue weighted by molar-refractivity contribution is 5.50. The highest BCUT2D eigenvalue weighted by Gasteiger charge is 1.80. The summed E-state index contributed by atoms with van der Waals surface area (Å²) in [4.78, 5) is 9.69. The van der Waals surface area contributed by atoms with Gasteiger partial charge in [0.25, 0.3) is 0 Å². The fourth-order valence-electron chi connectivity index (χ4n) is 0.449. The molecule has 0 spiro atoms. The van der Waals surface area contributed by atoms with Gasteiger partial charge in [-0.05, 0) is 13.3 Å². The Morgan fingerprint density at radius 2 is 2.33 bits per heavy atom. The molecule has 0 atom stereocenters. The first-order valence-corrected chi connectivity index (χ1v) is 3.04. The van der Waals surface area contributed by atoms with Crippen LogP contribution in [-0.2, 0) is 9.53 Å². The maximum Gasteiger partial charge on any atom is 0.145 e. The van der Waals surface area contributed by atoms with E-state index < -0.39 is 0 Å². The molecule has 0 aromatic carbocycles. The Hall–Kier alpha value is -0.630. The van der Waals surface area contributed by atoms with Crippen molar-refractivity contribution in [3.63, 3.8) is 0 Å². The highest BCUT2D eigenvalue weighted by atomic mass is 16.5. The standard InChI is InChI=1S/C7H12O2/c1-2-3-4-6-9-7-5-8/h2-3,5H,4,6-7H2,1H3/b3-2+. The molecule has 0 aromatic heterocycles. The number of rotatable bonds is 5. The number of ether oxygens (including phenoxy) is 1. The molecular formula is C7H12O2. The summed E-state index contributed by atoms with van der Waals surface area (Å²) < 4.78 is 4.87. The van der Waals surface area contributed by atoms with Crippen LogP contribution in [0.15, 0.2) is 12.2 Å². The van der Waals surface area contributed by atoms with Crippen molar-refractivity contribution in [1.82, 2.24) is 0 Å². The monoisotopic (exact) mass is 128 g/mol. The van der Waals surface area contributed by atoms with Crippen LogP contribution in [0.25, 0.3) is 0 Å². The number of carbonyl (C=O) groups is 1. The van der Waals surface area contributed by atoms with Gasteiger partial charge >= 0.3 is 0 Å². The Bertz CT molecular complexity index is 86.9. The van der Waals surface area contributed by atoms with Crippen molar-refractivity contribution in [2.24, 2.45) is 0 Å². The van der Waals surface area contributed by atoms with Crippen LogP contribution < -0.4 is 0 Å². The molecule has 0 aliphatic rings. The van der Waals surface area contributed by atoms with Gasteiger partial charge in [0, 0.05) is 0 Å². The Labute approximate surface area is 55.5 Å². The van der Waals surface area contributed by atoms with Gasteiger partial charge in [-0.2, -0.15) is 0 Å². The Kier molecular flexibility index (Phi) is 6.85. The van der Waals surface area contributed by atoms with E-state index in [1.165, 1.54) is 0 Å². The Morgan fingerprint density at radius 3 is 2.89 bits per heavy atom. The Balaban J connectivity index is 2.82. The van der Waals surface area contributed by atoms with E-state index in [2.05, 4.69) is 0 Å². The number of aldehydes is 1. The first-order valence-electron chi connectivity index (χ1n) is 3.04. The molecule has 52 valence electrons. The number of hydrogen-bond donors (Lipinski definition) is 0. The van der Waals surface area contributed by atoms with Gasteiger partial charge in [-0.1, -0.05) is 12.2 Å². The third kappa shape index (κ3) is 7.37. The lowest BCUT2D eigenvalue weighted by Crippen LogP contribution is -1.95. The normalized spacial score (nSPS) is 10.3. The van der Waals surface area contributed by atoms with Gasteiger partial charge in [0.1, 0.15) is 12.9 Å². The maximum atomic E-state index is 9.69. The molecule has 0 amide bonds. The van der Waals surface area contributed by atoms with Gasteiger partial charge in [0.05, 0.1) is 6.61 Å². The van der Waals surface area contributed by atoms with Crippen molar-refractivity contribution in [1.29, 1.82) is 0 Å². The number of carbonyl (C=O) groups excluding carboxylic acids is 1. The molecule has 0 N–H and O–H groups in total. The van der Waals surface area contributed by atoms with E-state index in [-0.39, 0.29) is 6.61 Å². The third-order valence-corrected chi connectivity index (χ3v) is 0.850. The van der Waals surface area contributed by atoms with Crippen LogP contribution in [0.5, 0.6) is 0 Å². The van der Waals surface area contributed by atoms with E-state index in [0.29, 0.717) is 6.61 Å². The average Bonchev–Trinajstić information content (AvgIpc) is 1.89. The number of allylic oxidation sites excluding steroid dienone is 1. The van der Waals surface area contributed by atoms with Gasteiger partial charge in [0.15, 0.2) is 0 Å². The van der Waals surface area contributed by atoms with Gasteiger partial charge in [-0.3, -0.25) is 0 Å². The lowest BCUT2D eigenvalue weighted by atomic mass is 10.4. The lowest BCUT2D eigenvalue weighted by Gasteiger charge is -1.92. The molecule has 0 aliphatic carbocycles. The molecule has 0 aliphatic heterocycles. The summed E-state index contributed by atoms with van der Waals surface area (Å²) in [6.07, 6.45) is 5.62. The zero-order valence-corrected chi connectivity index (χ0v) is 5.67. The van der Waals surface area contributed by atoms with Crippen LogP contribution in [0.2, 0.25) is 0 Å². The van der Waals surface area contributed by atoms with Crippen molar-refractivity contribution in [3.8, 4) is 0 Å². The van der Waals surface area contributed by atoms with Gasteiger partial charge in [-0.15, -0.1) is 0 Å². The second kappa shape index (κ2) is 7.37. The number of hydrogen-bond acceptors (Lipinski definition) is 2. The van der Waals surface area contributed by atoms with Crippen LogP contribution in [0.4, 0.5) is 0 Å². The molecule has 0 radical (unpaired) electrons. The van der Waals surface area contributed by atoms with Crippen molar-refractivity contribution in [2.45, 2.75) is 13.3 Å². The van der Waals surface area contributed by atoms with Crippen LogP contribution in [-0.4, -0.2) is 19.5 Å². The molecule has 0 unspecified atom stereocenters. The molecule has 2 heteroatoms. The summed E-state index contributed by atoms with van der Waals surface area (Å²) in [5.41, 5.74) is 0. The van der Waals surface area contributed by atoms with Gasteiger partial charge < -0.3 is 9.53 Å². The fourth-order valence-corrected chi connectivity index (χ4v) is 0.449. The summed E-state index contributed by atoms with van der Waals surface area (Å²) in [6.45, 7) is 2.82. The van der Waals surface area contributed by atoms with E-state index in [1.807, 2.05) is 19.1 Å². The van der Waals surface area contributed by atoms with Crippen molar-refractivity contribution < 1.29 is 9.53 Å². The molecule has 0 heterocycles. The minimum Gasteiger partial charge on any atom is -0.374 e. The van der Waals surface area contributed by atoms with Crippen LogP contribution in [0.3, 0.4) is 0 Å². The zero-order valence-electron chi connectivity index (χ0n) is 5.67. The molecular weight excluding hydrogens is 116 g/mol. The molecule has 0 fully saturated rings. The molecule has 0 aromatic rings. The average molecular weight is 128 g/mol. The molecule has 0 saturated heterocycles. The maximum absolute atomic E-state index is 9.69. The molecule has 9 heavy (non-hydrogen) atoms. The van der Waals surface area contributed by atoms with E-state index >= 15 is 0 Å². The minimum atomic E-state index is 0.220.